The van der Waals surface area contributed by atoms with Gasteiger partial charge in [0.1, 0.15) is 5.78 Å². The molecule has 0 aliphatic heterocycles. The van der Waals surface area contributed by atoms with E-state index in [0.717, 1.165) is 18.8 Å². The number of rotatable bonds is 1. The van der Waals surface area contributed by atoms with Crippen LogP contribution in [0.4, 0.5) is 0 Å². The first-order valence-electron chi connectivity index (χ1n) is 7.90. The second-order valence-electron chi connectivity index (χ2n) is 6.13. The van der Waals surface area contributed by atoms with Crippen LogP contribution in [0.5, 0.6) is 0 Å². The standard InChI is InChI=1S/C16H28O/c17-16-13-9-5-4-8-12-15(16)14-10-6-2-1-3-7-11-14/h14-15H,1-13H2. The largest absolute Gasteiger partial charge is 0.299 e. The van der Waals surface area contributed by atoms with E-state index in [1.165, 1.54) is 70.6 Å². The van der Waals surface area contributed by atoms with E-state index in [4.69, 9.17) is 0 Å². The highest BCUT2D eigenvalue weighted by Crippen LogP contribution is 2.34. The van der Waals surface area contributed by atoms with Gasteiger partial charge in [-0.05, 0) is 31.6 Å². The molecule has 0 radical (unpaired) electrons. The highest BCUT2D eigenvalue weighted by Gasteiger charge is 2.28. The zero-order valence-corrected chi connectivity index (χ0v) is 11.3. The first-order valence-corrected chi connectivity index (χ1v) is 7.90. The number of carbonyl (C=O) groups is 1. The first kappa shape index (κ1) is 13.1. The molecule has 1 unspecified atom stereocenters. The lowest BCUT2D eigenvalue weighted by Crippen LogP contribution is -2.25. The molecule has 2 aliphatic carbocycles. The Morgan fingerprint density at radius 1 is 0.647 bits per heavy atom. The van der Waals surface area contributed by atoms with E-state index in [2.05, 4.69) is 0 Å². The molecule has 0 N–H and O–H groups in total. The summed E-state index contributed by atoms with van der Waals surface area (Å²) in [6.07, 6.45) is 16.8. The zero-order valence-electron chi connectivity index (χ0n) is 11.3. The molecular formula is C16H28O. The van der Waals surface area contributed by atoms with E-state index in [1.54, 1.807) is 0 Å². The summed E-state index contributed by atoms with van der Waals surface area (Å²) in [5.74, 6) is 1.78. The van der Waals surface area contributed by atoms with Crippen LogP contribution in [-0.2, 0) is 4.79 Å². The summed E-state index contributed by atoms with van der Waals surface area (Å²) in [6, 6.07) is 0. The van der Waals surface area contributed by atoms with Gasteiger partial charge in [-0.3, -0.25) is 4.79 Å². The summed E-state index contributed by atoms with van der Waals surface area (Å²) < 4.78 is 0. The minimum atomic E-state index is 0.438. The van der Waals surface area contributed by atoms with Crippen LogP contribution in [0, 0.1) is 11.8 Å². The van der Waals surface area contributed by atoms with Gasteiger partial charge in [0, 0.05) is 12.3 Å². The second-order valence-corrected chi connectivity index (χ2v) is 6.13. The van der Waals surface area contributed by atoms with Crippen molar-refractivity contribution in [1.82, 2.24) is 0 Å². The maximum Gasteiger partial charge on any atom is 0.136 e. The van der Waals surface area contributed by atoms with Gasteiger partial charge in [-0.25, -0.2) is 0 Å². The Labute approximate surface area is 106 Å². The van der Waals surface area contributed by atoms with Gasteiger partial charge in [0.2, 0.25) is 0 Å². The molecule has 98 valence electrons. The van der Waals surface area contributed by atoms with E-state index in [0.29, 0.717) is 11.7 Å². The average molecular weight is 236 g/mol. The van der Waals surface area contributed by atoms with Gasteiger partial charge < -0.3 is 0 Å². The number of Topliss-reactive ketones (excluding diaryl/α,β-unsaturated/α-hetero) is 1. The van der Waals surface area contributed by atoms with Crippen molar-refractivity contribution in [2.45, 2.75) is 83.5 Å². The Morgan fingerprint density at radius 2 is 1.18 bits per heavy atom. The summed E-state index contributed by atoms with van der Waals surface area (Å²) in [7, 11) is 0. The van der Waals surface area contributed by atoms with Gasteiger partial charge in [0.15, 0.2) is 0 Å². The Kier molecular flexibility index (Phi) is 5.54. The van der Waals surface area contributed by atoms with Crippen molar-refractivity contribution in [2.24, 2.45) is 11.8 Å². The number of hydrogen-bond donors (Lipinski definition) is 0. The van der Waals surface area contributed by atoms with Crippen molar-refractivity contribution in [3.63, 3.8) is 0 Å². The van der Waals surface area contributed by atoms with Crippen LogP contribution in [0.1, 0.15) is 83.5 Å². The molecule has 0 spiro atoms. The number of ketones is 1. The fourth-order valence-corrected chi connectivity index (χ4v) is 3.75. The summed E-state index contributed by atoms with van der Waals surface area (Å²) in [4.78, 5) is 12.3. The summed E-state index contributed by atoms with van der Waals surface area (Å²) >= 11 is 0. The lowest BCUT2D eigenvalue weighted by atomic mass is 9.75. The van der Waals surface area contributed by atoms with Gasteiger partial charge >= 0.3 is 0 Å². The van der Waals surface area contributed by atoms with Crippen LogP contribution >= 0.6 is 0 Å². The van der Waals surface area contributed by atoms with Crippen LogP contribution in [0.25, 0.3) is 0 Å². The monoisotopic (exact) mass is 236 g/mol. The van der Waals surface area contributed by atoms with Crippen LogP contribution in [0.2, 0.25) is 0 Å². The minimum Gasteiger partial charge on any atom is -0.299 e. The SMILES string of the molecule is O=C1CCCCCCC1C1CCCCCCC1. The van der Waals surface area contributed by atoms with Gasteiger partial charge in [-0.1, -0.05) is 51.4 Å². The van der Waals surface area contributed by atoms with E-state index >= 15 is 0 Å². The smallest absolute Gasteiger partial charge is 0.136 e. The summed E-state index contributed by atoms with van der Waals surface area (Å²) in [6.45, 7) is 0. The third-order valence-electron chi connectivity index (χ3n) is 4.82. The third kappa shape index (κ3) is 4.12. The molecule has 0 bridgehead atoms. The Bertz CT molecular complexity index is 226. The predicted octanol–water partition coefficient (Wildman–Crippen LogP) is 4.89. The molecule has 0 amide bonds. The third-order valence-corrected chi connectivity index (χ3v) is 4.82. The van der Waals surface area contributed by atoms with Gasteiger partial charge in [-0.15, -0.1) is 0 Å². The topological polar surface area (TPSA) is 17.1 Å². The van der Waals surface area contributed by atoms with Gasteiger partial charge in [0.05, 0.1) is 0 Å². The molecule has 2 rings (SSSR count). The molecular weight excluding hydrogens is 208 g/mol. The molecule has 0 aromatic carbocycles. The van der Waals surface area contributed by atoms with Crippen LogP contribution in [-0.4, -0.2) is 5.78 Å². The summed E-state index contributed by atoms with van der Waals surface area (Å²) in [5, 5.41) is 0. The lowest BCUT2D eigenvalue weighted by molar-refractivity contribution is -0.125. The highest BCUT2D eigenvalue weighted by molar-refractivity contribution is 5.81. The van der Waals surface area contributed by atoms with Crippen LogP contribution in [0.3, 0.4) is 0 Å². The lowest BCUT2D eigenvalue weighted by Gasteiger charge is -2.29. The van der Waals surface area contributed by atoms with Gasteiger partial charge in [0.25, 0.3) is 0 Å². The molecule has 0 heterocycles. The van der Waals surface area contributed by atoms with Crippen molar-refractivity contribution >= 4 is 5.78 Å². The van der Waals surface area contributed by atoms with Crippen molar-refractivity contribution in [3.8, 4) is 0 Å². The van der Waals surface area contributed by atoms with Gasteiger partial charge in [-0.2, -0.15) is 0 Å². The fraction of sp³-hybridized carbons (Fsp3) is 0.938. The Morgan fingerprint density at radius 3 is 1.88 bits per heavy atom. The molecule has 17 heavy (non-hydrogen) atoms. The summed E-state index contributed by atoms with van der Waals surface area (Å²) in [5.41, 5.74) is 0. The second kappa shape index (κ2) is 7.18. The van der Waals surface area contributed by atoms with Crippen molar-refractivity contribution in [1.29, 1.82) is 0 Å². The molecule has 2 fully saturated rings. The van der Waals surface area contributed by atoms with E-state index in [-0.39, 0.29) is 0 Å². The average Bonchev–Trinajstić information content (AvgIpc) is 2.26. The molecule has 1 nitrogen and oxygen atoms in total. The molecule has 2 aliphatic rings. The van der Waals surface area contributed by atoms with E-state index in [1.807, 2.05) is 0 Å². The normalized spacial score (nSPS) is 30.1. The van der Waals surface area contributed by atoms with Crippen LogP contribution in [0.15, 0.2) is 0 Å². The fourth-order valence-electron chi connectivity index (χ4n) is 3.75. The predicted molar refractivity (Wildman–Crippen MR) is 72.0 cm³/mol. The maximum absolute atomic E-state index is 12.3. The molecule has 1 heteroatoms. The van der Waals surface area contributed by atoms with E-state index in [9.17, 15) is 4.79 Å². The Hall–Kier alpha value is -0.330. The highest BCUT2D eigenvalue weighted by atomic mass is 16.1. The zero-order chi connectivity index (χ0) is 11.9. The van der Waals surface area contributed by atoms with E-state index < -0.39 is 0 Å². The van der Waals surface area contributed by atoms with Crippen molar-refractivity contribution < 1.29 is 4.79 Å². The first-order chi connectivity index (χ1) is 8.38. The maximum atomic E-state index is 12.3. The molecule has 0 saturated heterocycles. The molecule has 0 aromatic rings. The van der Waals surface area contributed by atoms with Crippen LogP contribution < -0.4 is 0 Å². The molecule has 2 saturated carbocycles. The Balaban J connectivity index is 1.92. The minimum absolute atomic E-state index is 0.438. The number of carbonyl (C=O) groups excluding carboxylic acids is 1. The molecule has 1 atom stereocenters. The molecule has 0 aromatic heterocycles. The quantitative estimate of drug-likeness (QED) is 0.633. The van der Waals surface area contributed by atoms with Crippen molar-refractivity contribution in [3.05, 3.63) is 0 Å². The number of hydrogen-bond acceptors (Lipinski definition) is 1. The van der Waals surface area contributed by atoms with Crippen molar-refractivity contribution in [2.75, 3.05) is 0 Å².